The Labute approximate surface area is 105 Å². The topological polar surface area (TPSA) is 78.9 Å². The van der Waals surface area contributed by atoms with E-state index in [0.717, 1.165) is 6.42 Å². The van der Waals surface area contributed by atoms with Crippen LogP contribution in [0.15, 0.2) is 18.2 Å². The van der Waals surface area contributed by atoms with Crippen molar-refractivity contribution in [2.24, 2.45) is 5.73 Å². The Bertz CT molecular complexity index is 454. The lowest BCUT2D eigenvalue weighted by Gasteiger charge is -2.09. The number of nitriles is 1. The number of nitrogens with two attached hydrogens (primary N) is 1. The van der Waals surface area contributed by atoms with Crippen molar-refractivity contribution in [3.63, 3.8) is 0 Å². The molecule has 0 aromatic heterocycles. The molecule has 1 aromatic carbocycles. The first kappa shape index (κ1) is 13.5. The fourth-order valence-corrected chi connectivity index (χ4v) is 1.44. The van der Waals surface area contributed by atoms with Crippen LogP contribution in [-0.4, -0.2) is 11.9 Å². The lowest BCUT2D eigenvalue weighted by molar-refractivity contribution is -0.116. The molecule has 1 atom stereocenters. The van der Waals surface area contributed by atoms with Crippen LogP contribution in [0.4, 0.5) is 5.69 Å². The second-order valence-corrected chi connectivity index (χ2v) is 4.13. The van der Waals surface area contributed by atoms with Gasteiger partial charge in [-0.05, 0) is 24.6 Å². The quantitative estimate of drug-likeness (QED) is 0.862. The van der Waals surface area contributed by atoms with Gasteiger partial charge in [-0.3, -0.25) is 4.79 Å². The lowest BCUT2D eigenvalue weighted by atomic mass is 10.1. The number of benzene rings is 1. The van der Waals surface area contributed by atoms with Crippen LogP contribution in [0.1, 0.15) is 25.3 Å². The van der Waals surface area contributed by atoms with E-state index in [1.807, 2.05) is 13.0 Å². The minimum atomic E-state index is -0.162. The number of hydrogen-bond donors (Lipinski definition) is 2. The van der Waals surface area contributed by atoms with Crippen molar-refractivity contribution in [2.75, 3.05) is 5.32 Å². The van der Waals surface area contributed by atoms with E-state index < -0.39 is 0 Å². The van der Waals surface area contributed by atoms with E-state index in [1.165, 1.54) is 6.07 Å². The molecule has 0 bridgehead atoms. The van der Waals surface area contributed by atoms with Gasteiger partial charge in [0.15, 0.2) is 0 Å². The molecule has 1 aromatic rings. The summed E-state index contributed by atoms with van der Waals surface area (Å²) in [6.45, 7) is 1.92. The Kier molecular flexibility index (Phi) is 4.95. The number of anilines is 1. The van der Waals surface area contributed by atoms with Crippen molar-refractivity contribution >= 4 is 23.2 Å². The summed E-state index contributed by atoms with van der Waals surface area (Å²) >= 11 is 5.78. The summed E-state index contributed by atoms with van der Waals surface area (Å²) in [6.07, 6.45) is 1.01. The average Bonchev–Trinajstić information content (AvgIpc) is 2.31. The first-order chi connectivity index (χ1) is 8.06. The zero-order valence-corrected chi connectivity index (χ0v) is 10.3. The highest BCUT2D eigenvalue weighted by molar-refractivity contribution is 6.31. The maximum Gasteiger partial charge on any atom is 0.225 e. The van der Waals surface area contributed by atoms with E-state index in [9.17, 15) is 4.79 Å². The van der Waals surface area contributed by atoms with Crippen LogP contribution in [0.2, 0.25) is 5.02 Å². The molecule has 5 heteroatoms. The number of amides is 1. The second kappa shape index (κ2) is 6.24. The summed E-state index contributed by atoms with van der Waals surface area (Å²) in [5, 5.41) is 11.8. The number of nitrogens with zero attached hydrogens (tertiary/aromatic N) is 1. The lowest BCUT2D eigenvalue weighted by Crippen LogP contribution is -2.26. The first-order valence-corrected chi connectivity index (χ1v) is 5.69. The normalized spacial score (nSPS) is 11.6. The van der Waals surface area contributed by atoms with Gasteiger partial charge in [0.1, 0.15) is 6.07 Å². The van der Waals surface area contributed by atoms with Gasteiger partial charge in [0.2, 0.25) is 5.91 Å². The van der Waals surface area contributed by atoms with Gasteiger partial charge in [0.05, 0.1) is 10.6 Å². The molecule has 0 radical (unpaired) electrons. The van der Waals surface area contributed by atoms with Gasteiger partial charge in [-0.25, -0.2) is 0 Å². The summed E-state index contributed by atoms with van der Waals surface area (Å²) in [5.74, 6) is -0.162. The fraction of sp³-hybridized carbons (Fsp3) is 0.333. The van der Waals surface area contributed by atoms with Crippen LogP contribution in [-0.2, 0) is 4.79 Å². The zero-order chi connectivity index (χ0) is 12.8. The van der Waals surface area contributed by atoms with Gasteiger partial charge in [0, 0.05) is 18.2 Å². The highest BCUT2D eigenvalue weighted by Crippen LogP contribution is 2.19. The predicted molar refractivity (Wildman–Crippen MR) is 67.7 cm³/mol. The van der Waals surface area contributed by atoms with Crippen LogP contribution in [0.5, 0.6) is 0 Å². The molecule has 1 rings (SSSR count). The Balaban J connectivity index is 2.69. The maximum atomic E-state index is 11.6. The summed E-state index contributed by atoms with van der Waals surface area (Å²) in [4.78, 5) is 11.6. The Hall–Kier alpha value is -1.57. The van der Waals surface area contributed by atoms with Gasteiger partial charge >= 0.3 is 0 Å². The molecule has 3 N–H and O–H groups in total. The Morgan fingerprint density at radius 1 is 1.65 bits per heavy atom. The molecule has 0 aliphatic carbocycles. The number of carbonyl (C=O) groups excluding carboxylic acids is 1. The molecule has 1 amide bonds. The molecule has 0 spiro atoms. The van der Waals surface area contributed by atoms with E-state index >= 15 is 0 Å². The van der Waals surface area contributed by atoms with Crippen molar-refractivity contribution in [1.29, 1.82) is 5.26 Å². The number of halogens is 1. The van der Waals surface area contributed by atoms with Crippen LogP contribution >= 0.6 is 11.6 Å². The molecule has 0 saturated heterocycles. The first-order valence-electron chi connectivity index (χ1n) is 5.32. The highest BCUT2D eigenvalue weighted by atomic mass is 35.5. The zero-order valence-electron chi connectivity index (χ0n) is 9.53. The van der Waals surface area contributed by atoms with E-state index in [2.05, 4.69) is 5.32 Å². The van der Waals surface area contributed by atoms with Crippen molar-refractivity contribution < 1.29 is 4.79 Å². The molecule has 17 heavy (non-hydrogen) atoms. The fourth-order valence-electron chi connectivity index (χ4n) is 1.28. The number of nitrogens with one attached hydrogen (secondary N) is 1. The van der Waals surface area contributed by atoms with E-state index in [0.29, 0.717) is 16.3 Å². The molecule has 1 unspecified atom stereocenters. The smallest absolute Gasteiger partial charge is 0.225 e. The van der Waals surface area contributed by atoms with E-state index in [-0.39, 0.29) is 18.4 Å². The molecule has 0 heterocycles. The third kappa shape index (κ3) is 4.06. The van der Waals surface area contributed by atoms with Crippen LogP contribution in [0, 0.1) is 11.3 Å². The monoisotopic (exact) mass is 251 g/mol. The predicted octanol–water partition coefficient (Wildman–Crippen LogP) is 2.28. The van der Waals surface area contributed by atoms with Gasteiger partial charge in [0.25, 0.3) is 0 Å². The number of rotatable bonds is 4. The second-order valence-electron chi connectivity index (χ2n) is 3.73. The van der Waals surface area contributed by atoms with Crippen molar-refractivity contribution in [1.82, 2.24) is 0 Å². The highest BCUT2D eigenvalue weighted by Gasteiger charge is 2.09. The standard InChI is InChI=1S/C12H14ClN3O/c1-2-9(15)6-12(17)16-10-3-4-11(13)8(5-10)7-14/h3-5,9H,2,6,15H2,1H3,(H,16,17). The third-order valence-corrected chi connectivity index (χ3v) is 2.67. The molecule has 0 fully saturated rings. The van der Waals surface area contributed by atoms with E-state index in [1.54, 1.807) is 12.1 Å². The molecule has 0 saturated carbocycles. The molecule has 0 aliphatic heterocycles. The van der Waals surface area contributed by atoms with Crippen molar-refractivity contribution in [3.05, 3.63) is 28.8 Å². The van der Waals surface area contributed by atoms with Gasteiger partial charge < -0.3 is 11.1 Å². The van der Waals surface area contributed by atoms with E-state index in [4.69, 9.17) is 22.6 Å². The molecule has 0 aliphatic rings. The van der Waals surface area contributed by atoms with Crippen LogP contribution in [0.3, 0.4) is 0 Å². The number of carbonyl (C=O) groups is 1. The van der Waals surface area contributed by atoms with Gasteiger partial charge in [-0.2, -0.15) is 5.26 Å². The van der Waals surface area contributed by atoms with Crippen LogP contribution in [0.25, 0.3) is 0 Å². The average molecular weight is 252 g/mol. The largest absolute Gasteiger partial charge is 0.327 e. The number of hydrogen-bond acceptors (Lipinski definition) is 3. The van der Waals surface area contributed by atoms with Crippen molar-refractivity contribution in [3.8, 4) is 6.07 Å². The molecular weight excluding hydrogens is 238 g/mol. The minimum Gasteiger partial charge on any atom is -0.327 e. The summed E-state index contributed by atoms with van der Waals surface area (Å²) < 4.78 is 0. The summed E-state index contributed by atoms with van der Waals surface area (Å²) in [6, 6.07) is 6.58. The maximum absolute atomic E-state index is 11.6. The third-order valence-electron chi connectivity index (χ3n) is 2.34. The minimum absolute atomic E-state index is 0.141. The molecule has 4 nitrogen and oxygen atoms in total. The van der Waals surface area contributed by atoms with Crippen LogP contribution < -0.4 is 11.1 Å². The summed E-state index contributed by atoms with van der Waals surface area (Å²) in [5.41, 5.74) is 6.57. The van der Waals surface area contributed by atoms with Gasteiger partial charge in [-0.1, -0.05) is 18.5 Å². The Morgan fingerprint density at radius 3 is 2.94 bits per heavy atom. The molecular formula is C12H14ClN3O. The SMILES string of the molecule is CCC(N)CC(=O)Nc1ccc(Cl)c(C#N)c1. The van der Waals surface area contributed by atoms with Gasteiger partial charge in [-0.15, -0.1) is 0 Å². The molecule has 90 valence electrons. The Morgan fingerprint density at radius 2 is 2.35 bits per heavy atom. The summed E-state index contributed by atoms with van der Waals surface area (Å²) in [7, 11) is 0. The van der Waals surface area contributed by atoms with Crippen molar-refractivity contribution in [2.45, 2.75) is 25.8 Å².